The third kappa shape index (κ3) is 4.11. The highest BCUT2D eigenvalue weighted by atomic mass is 35.5. The highest BCUT2D eigenvalue weighted by Gasteiger charge is 2.06. The van der Waals surface area contributed by atoms with Gasteiger partial charge in [0.05, 0.1) is 10.0 Å². The van der Waals surface area contributed by atoms with Gasteiger partial charge in [-0.25, -0.2) is 4.39 Å². The molecule has 0 spiro atoms. The molecule has 0 aliphatic rings. The van der Waals surface area contributed by atoms with Crippen molar-refractivity contribution >= 4 is 34.8 Å². The van der Waals surface area contributed by atoms with Crippen LogP contribution in [0.4, 0.5) is 10.1 Å². The predicted molar refractivity (Wildman–Crippen MR) is 77.0 cm³/mol. The molecule has 0 heterocycles. The Balaban J connectivity index is 1.90. The van der Waals surface area contributed by atoms with Crippen LogP contribution in [0.3, 0.4) is 0 Å². The Labute approximate surface area is 125 Å². The molecule has 104 valence electrons. The van der Waals surface area contributed by atoms with E-state index in [1.165, 1.54) is 24.3 Å². The van der Waals surface area contributed by atoms with Crippen LogP contribution in [-0.4, -0.2) is 12.5 Å². The first-order chi connectivity index (χ1) is 9.54. The predicted octanol–water partition coefficient (Wildman–Crippen LogP) is 4.15. The lowest BCUT2D eigenvalue weighted by molar-refractivity contribution is -0.118. The summed E-state index contributed by atoms with van der Waals surface area (Å²) < 4.78 is 18.2. The van der Waals surface area contributed by atoms with E-state index in [4.69, 9.17) is 27.9 Å². The number of benzene rings is 2. The first-order valence-electron chi connectivity index (χ1n) is 5.68. The Bertz CT molecular complexity index is 634. The second-order valence-corrected chi connectivity index (χ2v) is 4.74. The molecule has 2 aromatic rings. The van der Waals surface area contributed by atoms with Gasteiger partial charge in [-0.15, -0.1) is 0 Å². The molecule has 0 saturated heterocycles. The van der Waals surface area contributed by atoms with Crippen molar-refractivity contribution in [2.75, 3.05) is 11.9 Å². The molecule has 1 N–H and O–H groups in total. The number of amides is 1. The average Bonchev–Trinajstić information content (AvgIpc) is 2.40. The molecule has 0 fully saturated rings. The summed E-state index contributed by atoms with van der Waals surface area (Å²) in [5.41, 5.74) is 0.368. The van der Waals surface area contributed by atoms with Gasteiger partial charge in [-0.05, 0) is 30.3 Å². The van der Waals surface area contributed by atoms with E-state index >= 15 is 0 Å². The van der Waals surface area contributed by atoms with Crippen molar-refractivity contribution in [1.82, 2.24) is 0 Å². The molecule has 0 aliphatic heterocycles. The van der Waals surface area contributed by atoms with Crippen LogP contribution in [0.5, 0.6) is 5.75 Å². The van der Waals surface area contributed by atoms with Crippen molar-refractivity contribution in [3.8, 4) is 5.75 Å². The zero-order chi connectivity index (χ0) is 14.5. The second-order valence-electron chi connectivity index (χ2n) is 3.92. The SMILES string of the molecule is O=C(COc1ccc(Cl)c(Cl)c1)Nc1cccc(F)c1. The van der Waals surface area contributed by atoms with Gasteiger partial charge in [-0.1, -0.05) is 29.3 Å². The van der Waals surface area contributed by atoms with Gasteiger partial charge in [0.25, 0.3) is 5.91 Å². The minimum absolute atomic E-state index is 0.214. The molecule has 0 atom stereocenters. The second kappa shape index (κ2) is 6.59. The van der Waals surface area contributed by atoms with Crippen molar-refractivity contribution in [2.45, 2.75) is 0 Å². The van der Waals surface area contributed by atoms with E-state index < -0.39 is 11.7 Å². The Morgan fingerprint density at radius 2 is 1.95 bits per heavy atom. The maximum Gasteiger partial charge on any atom is 0.262 e. The molecule has 2 rings (SSSR count). The van der Waals surface area contributed by atoms with Crippen LogP contribution in [0, 0.1) is 5.82 Å². The molecule has 0 saturated carbocycles. The van der Waals surface area contributed by atoms with Gasteiger partial charge in [0, 0.05) is 11.8 Å². The number of anilines is 1. The maximum atomic E-state index is 12.9. The summed E-state index contributed by atoms with van der Waals surface area (Å²) in [5, 5.41) is 3.26. The highest BCUT2D eigenvalue weighted by molar-refractivity contribution is 6.42. The summed E-state index contributed by atoms with van der Waals surface area (Å²) in [6.45, 7) is -0.214. The number of halogens is 3. The zero-order valence-corrected chi connectivity index (χ0v) is 11.7. The Morgan fingerprint density at radius 1 is 1.15 bits per heavy atom. The summed E-state index contributed by atoms with van der Waals surface area (Å²) in [6, 6.07) is 10.3. The first-order valence-corrected chi connectivity index (χ1v) is 6.43. The van der Waals surface area contributed by atoms with Crippen LogP contribution in [-0.2, 0) is 4.79 Å². The maximum absolute atomic E-state index is 12.9. The van der Waals surface area contributed by atoms with E-state index in [0.29, 0.717) is 21.5 Å². The van der Waals surface area contributed by atoms with E-state index in [9.17, 15) is 9.18 Å². The van der Waals surface area contributed by atoms with Crippen LogP contribution < -0.4 is 10.1 Å². The molecule has 2 aromatic carbocycles. The normalized spacial score (nSPS) is 10.2. The van der Waals surface area contributed by atoms with Crippen molar-refractivity contribution < 1.29 is 13.9 Å². The number of ether oxygens (including phenoxy) is 1. The lowest BCUT2D eigenvalue weighted by Gasteiger charge is -2.08. The quantitative estimate of drug-likeness (QED) is 0.920. The minimum atomic E-state index is -0.423. The van der Waals surface area contributed by atoms with E-state index in [1.807, 2.05) is 0 Å². The van der Waals surface area contributed by atoms with E-state index in [2.05, 4.69) is 5.32 Å². The number of carbonyl (C=O) groups excluding carboxylic acids is 1. The largest absolute Gasteiger partial charge is 0.484 e. The van der Waals surface area contributed by atoms with Crippen LogP contribution >= 0.6 is 23.2 Å². The molecular formula is C14H10Cl2FNO2. The third-order valence-corrected chi connectivity index (χ3v) is 3.11. The lowest BCUT2D eigenvalue weighted by Crippen LogP contribution is -2.20. The molecular weight excluding hydrogens is 304 g/mol. The Kier molecular flexibility index (Phi) is 4.82. The number of hydrogen-bond donors (Lipinski definition) is 1. The van der Waals surface area contributed by atoms with Gasteiger partial charge < -0.3 is 10.1 Å². The van der Waals surface area contributed by atoms with Gasteiger partial charge in [0.15, 0.2) is 6.61 Å². The fourth-order valence-corrected chi connectivity index (χ4v) is 1.77. The summed E-state index contributed by atoms with van der Waals surface area (Å²) in [5.74, 6) is -0.399. The van der Waals surface area contributed by atoms with Crippen molar-refractivity contribution in [3.05, 3.63) is 58.3 Å². The van der Waals surface area contributed by atoms with Crippen LogP contribution in [0.1, 0.15) is 0 Å². The monoisotopic (exact) mass is 313 g/mol. The standard InChI is InChI=1S/C14H10Cl2FNO2/c15-12-5-4-11(7-13(12)16)20-8-14(19)18-10-3-1-2-9(17)6-10/h1-7H,8H2,(H,18,19). The Morgan fingerprint density at radius 3 is 2.65 bits per heavy atom. The first kappa shape index (κ1) is 14.6. The number of carbonyl (C=O) groups is 1. The molecule has 20 heavy (non-hydrogen) atoms. The van der Waals surface area contributed by atoms with E-state index in [1.54, 1.807) is 18.2 Å². The summed E-state index contributed by atoms with van der Waals surface area (Å²) in [7, 11) is 0. The average molecular weight is 314 g/mol. The third-order valence-electron chi connectivity index (χ3n) is 2.37. The van der Waals surface area contributed by atoms with Crippen molar-refractivity contribution in [1.29, 1.82) is 0 Å². The van der Waals surface area contributed by atoms with Gasteiger partial charge in [0.1, 0.15) is 11.6 Å². The zero-order valence-electron chi connectivity index (χ0n) is 10.2. The highest BCUT2D eigenvalue weighted by Crippen LogP contribution is 2.26. The minimum Gasteiger partial charge on any atom is -0.484 e. The molecule has 0 bridgehead atoms. The fourth-order valence-electron chi connectivity index (χ4n) is 1.48. The Hall–Kier alpha value is -1.78. The van der Waals surface area contributed by atoms with Crippen LogP contribution in [0.25, 0.3) is 0 Å². The van der Waals surface area contributed by atoms with Gasteiger partial charge in [-0.2, -0.15) is 0 Å². The fraction of sp³-hybridized carbons (Fsp3) is 0.0714. The summed E-state index contributed by atoms with van der Waals surface area (Å²) >= 11 is 11.6. The molecule has 3 nitrogen and oxygen atoms in total. The van der Waals surface area contributed by atoms with E-state index in [0.717, 1.165) is 0 Å². The van der Waals surface area contributed by atoms with Gasteiger partial charge >= 0.3 is 0 Å². The number of hydrogen-bond acceptors (Lipinski definition) is 2. The van der Waals surface area contributed by atoms with Gasteiger partial charge in [0.2, 0.25) is 0 Å². The topological polar surface area (TPSA) is 38.3 Å². The smallest absolute Gasteiger partial charge is 0.262 e. The van der Waals surface area contributed by atoms with Crippen LogP contribution in [0.2, 0.25) is 10.0 Å². The lowest BCUT2D eigenvalue weighted by atomic mass is 10.3. The molecule has 0 aliphatic carbocycles. The summed E-state index contributed by atoms with van der Waals surface area (Å²) in [6.07, 6.45) is 0. The molecule has 0 aromatic heterocycles. The van der Waals surface area contributed by atoms with Gasteiger partial charge in [-0.3, -0.25) is 4.79 Å². The molecule has 0 radical (unpaired) electrons. The number of nitrogens with one attached hydrogen (secondary N) is 1. The molecule has 0 unspecified atom stereocenters. The summed E-state index contributed by atoms with van der Waals surface area (Å²) in [4.78, 5) is 11.6. The van der Waals surface area contributed by atoms with Crippen molar-refractivity contribution in [2.24, 2.45) is 0 Å². The molecule has 6 heteroatoms. The van der Waals surface area contributed by atoms with E-state index in [-0.39, 0.29) is 6.61 Å². The van der Waals surface area contributed by atoms with Crippen molar-refractivity contribution in [3.63, 3.8) is 0 Å². The van der Waals surface area contributed by atoms with Crippen LogP contribution in [0.15, 0.2) is 42.5 Å². The molecule has 1 amide bonds. The number of rotatable bonds is 4.